The first kappa shape index (κ1) is 20.5. The molecule has 26 heavy (non-hydrogen) atoms. The Kier molecular flexibility index (Phi) is 6.50. The number of amides is 1. The fraction of sp³-hybridized carbons (Fsp3) is 0.600. The quantitative estimate of drug-likeness (QED) is 0.702. The Morgan fingerprint density at radius 1 is 1.27 bits per heavy atom. The van der Waals surface area contributed by atoms with E-state index in [1.54, 1.807) is 16.2 Å². The first-order valence-corrected chi connectivity index (χ1v) is 9.86. The van der Waals surface area contributed by atoms with Gasteiger partial charge in [-0.25, -0.2) is 9.59 Å². The standard InChI is InChI=1S/C20H29NO4S/c1-7-15(17-13(2)16(12-26-17)18(22)24-6)14-8-10-21(11-9-14)19(23)25-20(3,4)5/h7,12,14H,8-11H2,1-6H3. The van der Waals surface area contributed by atoms with Crippen molar-refractivity contribution in [2.75, 3.05) is 20.2 Å². The smallest absolute Gasteiger partial charge is 0.410 e. The predicted octanol–water partition coefficient (Wildman–Crippen LogP) is 4.89. The number of methoxy groups -OCH3 is 1. The maximum absolute atomic E-state index is 12.2. The van der Waals surface area contributed by atoms with Crippen LogP contribution in [-0.2, 0) is 9.47 Å². The van der Waals surface area contributed by atoms with Crippen molar-refractivity contribution in [3.63, 3.8) is 0 Å². The van der Waals surface area contributed by atoms with Crippen LogP contribution in [0.4, 0.5) is 4.79 Å². The highest BCUT2D eigenvalue weighted by Crippen LogP contribution is 2.38. The van der Waals surface area contributed by atoms with Gasteiger partial charge in [0, 0.05) is 23.3 Å². The molecule has 1 aliphatic rings. The topological polar surface area (TPSA) is 55.8 Å². The van der Waals surface area contributed by atoms with Crippen LogP contribution in [0.25, 0.3) is 5.57 Å². The molecule has 1 saturated heterocycles. The summed E-state index contributed by atoms with van der Waals surface area (Å²) in [6, 6.07) is 0. The van der Waals surface area contributed by atoms with Crippen molar-refractivity contribution in [3.8, 4) is 0 Å². The van der Waals surface area contributed by atoms with E-state index in [0.29, 0.717) is 24.6 Å². The summed E-state index contributed by atoms with van der Waals surface area (Å²) in [7, 11) is 1.40. The SMILES string of the molecule is CC=C(c1scc(C(=O)OC)c1C)C1CCN(C(=O)OC(C)(C)C)CC1. The fourth-order valence-electron chi connectivity index (χ4n) is 3.26. The first-order valence-electron chi connectivity index (χ1n) is 8.98. The third kappa shape index (κ3) is 4.67. The van der Waals surface area contributed by atoms with Gasteiger partial charge in [-0.05, 0) is 64.5 Å². The molecule has 5 nitrogen and oxygen atoms in total. The maximum Gasteiger partial charge on any atom is 0.410 e. The van der Waals surface area contributed by atoms with Crippen molar-refractivity contribution in [1.29, 1.82) is 0 Å². The van der Waals surface area contributed by atoms with Crippen LogP contribution in [-0.4, -0.2) is 42.8 Å². The lowest BCUT2D eigenvalue weighted by molar-refractivity contribution is 0.0199. The summed E-state index contributed by atoms with van der Waals surface area (Å²) in [6.07, 6.45) is 3.68. The number of ether oxygens (including phenoxy) is 2. The van der Waals surface area contributed by atoms with E-state index < -0.39 is 5.60 Å². The molecule has 144 valence electrons. The monoisotopic (exact) mass is 379 g/mol. The highest BCUT2D eigenvalue weighted by atomic mass is 32.1. The Hall–Kier alpha value is -1.82. The van der Waals surface area contributed by atoms with Crippen molar-refractivity contribution in [1.82, 2.24) is 4.90 Å². The second kappa shape index (κ2) is 8.25. The number of thiophene rings is 1. The molecule has 0 aromatic carbocycles. The minimum absolute atomic E-state index is 0.238. The van der Waals surface area contributed by atoms with Crippen LogP contribution in [0.5, 0.6) is 0 Å². The third-order valence-corrected chi connectivity index (χ3v) is 5.74. The molecule has 1 aromatic heterocycles. The van der Waals surface area contributed by atoms with Crippen molar-refractivity contribution < 1.29 is 19.1 Å². The van der Waals surface area contributed by atoms with Gasteiger partial charge in [0.25, 0.3) is 0 Å². The minimum Gasteiger partial charge on any atom is -0.465 e. The molecule has 0 atom stereocenters. The largest absolute Gasteiger partial charge is 0.465 e. The number of hydrogen-bond acceptors (Lipinski definition) is 5. The van der Waals surface area contributed by atoms with Gasteiger partial charge in [-0.2, -0.15) is 0 Å². The Labute approximate surface area is 160 Å². The summed E-state index contributed by atoms with van der Waals surface area (Å²) >= 11 is 1.59. The summed E-state index contributed by atoms with van der Waals surface area (Å²) in [5.74, 6) is 0.0849. The van der Waals surface area contributed by atoms with Crippen LogP contribution in [0.2, 0.25) is 0 Å². The zero-order valence-corrected chi connectivity index (χ0v) is 17.4. The number of carbonyl (C=O) groups excluding carboxylic acids is 2. The van der Waals surface area contributed by atoms with E-state index in [4.69, 9.17) is 9.47 Å². The van der Waals surface area contributed by atoms with Crippen LogP contribution in [0.15, 0.2) is 11.5 Å². The van der Waals surface area contributed by atoms with E-state index >= 15 is 0 Å². The Balaban J connectivity index is 2.07. The van der Waals surface area contributed by atoms with E-state index in [1.165, 1.54) is 12.7 Å². The first-order chi connectivity index (χ1) is 12.2. The van der Waals surface area contributed by atoms with Crippen molar-refractivity contribution in [2.45, 2.75) is 53.1 Å². The molecule has 1 fully saturated rings. The third-order valence-electron chi connectivity index (χ3n) is 4.60. The molecule has 0 radical (unpaired) electrons. The molecule has 0 aliphatic carbocycles. The lowest BCUT2D eigenvalue weighted by Crippen LogP contribution is -2.41. The predicted molar refractivity (Wildman–Crippen MR) is 105 cm³/mol. The minimum atomic E-state index is -0.471. The van der Waals surface area contributed by atoms with E-state index in [0.717, 1.165) is 23.3 Å². The second-order valence-electron chi connectivity index (χ2n) is 7.58. The van der Waals surface area contributed by atoms with Crippen LogP contribution in [0.1, 0.15) is 61.3 Å². The Morgan fingerprint density at radius 2 is 1.88 bits per heavy atom. The molecule has 1 aliphatic heterocycles. The number of hydrogen-bond donors (Lipinski definition) is 0. The zero-order chi connectivity index (χ0) is 19.5. The second-order valence-corrected chi connectivity index (χ2v) is 8.46. The lowest BCUT2D eigenvalue weighted by atomic mass is 9.87. The fourth-order valence-corrected chi connectivity index (χ4v) is 4.48. The summed E-state index contributed by atoms with van der Waals surface area (Å²) < 4.78 is 10.3. The average molecular weight is 380 g/mol. The molecule has 1 aromatic rings. The Morgan fingerprint density at radius 3 is 2.38 bits per heavy atom. The number of nitrogens with zero attached hydrogens (tertiary/aromatic N) is 1. The normalized spacial score (nSPS) is 16.5. The number of allylic oxidation sites excluding steroid dienone is 2. The highest BCUT2D eigenvalue weighted by Gasteiger charge is 2.30. The van der Waals surface area contributed by atoms with Crippen LogP contribution >= 0.6 is 11.3 Å². The van der Waals surface area contributed by atoms with Crippen molar-refractivity contribution in [2.24, 2.45) is 5.92 Å². The van der Waals surface area contributed by atoms with Gasteiger partial charge in [-0.3, -0.25) is 0 Å². The van der Waals surface area contributed by atoms with Crippen LogP contribution in [0.3, 0.4) is 0 Å². The van der Waals surface area contributed by atoms with Gasteiger partial charge in [0.15, 0.2) is 0 Å². The van der Waals surface area contributed by atoms with Gasteiger partial charge < -0.3 is 14.4 Å². The molecule has 0 N–H and O–H groups in total. The molecule has 1 amide bonds. The lowest BCUT2D eigenvalue weighted by Gasteiger charge is -2.34. The molecular formula is C20H29NO4S. The molecular weight excluding hydrogens is 350 g/mol. The summed E-state index contributed by atoms with van der Waals surface area (Å²) in [6.45, 7) is 11.0. The molecule has 0 spiro atoms. The molecule has 6 heteroatoms. The maximum atomic E-state index is 12.2. The molecule has 0 unspecified atom stereocenters. The summed E-state index contributed by atoms with van der Waals surface area (Å²) in [5.41, 5.74) is 2.40. The average Bonchev–Trinajstić information content (AvgIpc) is 2.95. The number of piperidine rings is 1. The van der Waals surface area contributed by atoms with Gasteiger partial charge in [-0.15, -0.1) is 11.3 Å². The van der Waals surface area contributed by atoms with Gasteiger partial charge in [-0.1, -0.05) is 6.08 Å². The van der Waals surface area contributed by atoms with Crippen molar-refractivity contribution in [3.05, 3.63) is 27.5 Å². The molecule has 2 rings (SSSR count). The van der Waals surface area contributed by atoms with Crippen molar-refractivity contribution >= 4 is 29.0 Å². The molecule has 2 heterocycles. The number of rotatable bonds is 3. The van der Waals surface area contributed by atoms with Gasteiger partial charge in [0.2, 0.25) is 0 Å². The van der Waals surface area contributed by atoms with Crippen LogP contribution in [0, 0.1) is 12.8 Å². The molecule has 0 bridgehead atoms. The Bertz CT molecular complexity index is 691. The zero-order valence-electron chi connectivity index (χ0n) is 16.5. The van der Waals surface area contributed by atoms with Gasteiger partial charge >= 0.3 is 12.1 Å². The van der Waals surface area contributed by atoms with Gasteiger partial charge in [0.1, 0.15) is 5.60 Å². The summed E-state index contributed by atoms with van der Waals surface area (Å²) in [4.78, 5) is 27.0. The van der Waals surface area contributed by atoms with E-state index in [9.17, 15) is 9.59 Å². The van der Waals surface area contributed by atoms with E-state index in [-0.39, 0.29) is 12.1 Å². The summed E-state index contributed by atoms with van der Waals surface area (Å²) in [5, 5.41) is 1.87. The molecule has 0 saturated carbocycles. The number of likely N-dealkylation sites (tertiary alicyclic amines) is 1. The number of esters is 1. The number of carbonyl (C=O) groups is 2. The van der Waals surface area contributed by atoms with E-state index in [1.807, 2.05) is 40.0 Å². The van der Waals surface area contributed by atoms with Gasteiger partial charge in [0.05, 0.1) is 12.7 Å². The highest BCUT2D eigenvalue weighted by molar-refractivity contribution is 7.11. The van der Waals surface area contributed by atoms with Crippen LogP contribution < -0.4 is 0 Å². The van der Waals surface area contributed by atoms with E-state index in [2.05, 4.69) is 6.08 Å².